The molecule has 0 spiro atoms. The highest BCUT2D eigenvalue weighted by molar-refractivity contribution is 6.31. The number of rotatable bonds is 2. The third kappa shape index (κ3) is 2.55. The second kappa shape index (κ2) is 4.87. The van der Waals surface area contributed by atoms with Gasteiger partial charge in [0, 0.05) is 0 Å². The fraction of sp³-hybridized carbons (Fsp3) is 0.636. The maximum Gasteiger partial charge on any atom is 0.237 e. The van der Waals surface area contributed by atoms with Crippen LogP contribution in [0.5, 0.6) is 5.88 Å². The van der Waals surface area contributed by atoms with Gasteiger partial charge in [-0.2, -0.15) is 4.98 Å². The van der Waals surface area contributed by atoms with Gasteiger partial charge in [-0.15, -0.1) is 0 Å². The summed E-state index contributed by atoms with van der Waals surface area (Å²) in [6.07, 6.45) is 6.41. The lowest BCUT2D eigenvalue weighted by molar-refractivity contribution is 0.0977. The van der Waals surface area contributed by atoms with E-state index in [1.807, 2.05) is 0 Å². The Balaban J connectivity index is 2.10. The number of hydrogen-bond acceptors (Lipinski definition) is 4. The van der Waals surface area contributed by atoms with E-state index in [1.54, 1.807) is 0 Å². The van der Waals surface area contributed by atoms with Gasteiger partial charge in [-0.25, -0.2) is 4.98 Å². The first-order chi connectivity index (χ1) is 7.66. The van der Waals surface area contributed by atoms with E-state index < -0.39 is 0 Å². The predicted octanol–water partition coefficient (Wildman–Crippen LogP) is 2.67. The molecule has 5 heteroatoms. The van der Waals surface area contributed by atoms with Crippen LogP contribution in [0.3, 0.4) is 0 Å². The summed E-state index contributed by atoms with van der Waals surface area (Å²) < 4.78 is 5.82. The molecular formula is C11H16ClN3O. The van der Waals surface area contributed by atoms with Gasteiger partial charge in [0.05, 0.1) is 6.20 Å². The average molecular weight is 242 g/mol. The molecule has 2 atom stereocenters. The van der Waals surface area contributed by atoms with Crippen LogP contribution < -0.4 is 10.5 Å². The van der Waals surface area contributed by atoms with Crippen molar-refractivity contribution in [2.45, 2.75) is 38.7 Å². The fourth-order valence-electron chi connectivity index (χ4n) is 2.05. The van der Waals surface area contributed by atoms with Crippen molar-refractivity contribution in [3.05, 3.63) is 11.2 Å². The lowest BCUT2D eigenvalue weighted by Crippen LogP contribution is -2.28. The lowest BCUT2D eigenvalue weighted by Gasteiger charge is -2.28. The van der Waals surface area contributed by atoms with Gasteiger partial charge in [0.2, 0.25) is 11.8 Å². The van der Waals surface area contributed by atoms with Gasteiger partial charge < -0.3 is 10.5 Å². The van der Waals surface area contributed by atoms with E-state index in [-0.39, 0.29) is 12.1 Å². The molecule has 88 valence electrons. The highest BCUT2D eigenvalue weighted by Gasteiger charge is 2.24. The molecular weight excluding hydrogens is 226 g/mol. The lowest BCUT2D eigenvalue weighted by atomic mass is 9.88. The van der Waals surface area contributed by atoms with E-state index in [0.29, 0.717) is 16.8 Å². The Hall–Kier alpha value is -1.03. The average Bonchev–Trinajstić information content (AvgIpc) is 2.27. The highest BCUT2D eigenvalue weighted by Crippen LogP contribution is 2.30. The molecule has 1 fully saturated rings. The van der Waals surface area contributed by atoms with Crippen LogP contribution in [0.1, 0.15) is 32.6 Å². The van der Waals surface area contributed by atoms with Crippen LogP contribution in [0.4, 0.5) is 5.95 Å². The Kier molecular flexibility index (Phi) is 3.49. The number of nitrogen functional groups attached to an aromatic ring is 1. The van der Waals surface area contributed by atoms with Gasteiger partial charge in [-0.05, 0) is 25.2 Å². The zero-order valence-electron chi connectivity index (χ0n) is 9.32. The Morgan fingerprint density at radius 1 is 1.44 bits per heavy atom. The molecule has 0 radical (unpaired) electrons. The number of halogens is 1. The van der Waals surface area contributed by atoms with Crippen molar-refractivity contribution < 1.29 is 4.74 Å². The minimum Gasteiger partial charge on any atom is -0.473 e. The Bertz CT molecular complexity index is 372. The first kappa shape index (κ1) is 11.5. The van der Waals surface area contributed by atoms with E-state index >= 15 is 0 Å². The predicted molar refractivity (Wildman–Crippen MR) is 63.5 cm³/mol. The van der Waals surface area contributed by atoms with E-state index in [9.17, 15) is 0 Å². The van der Waals surface area contributed by atoms with Crippen LogP contribution in [0, 0.1) is 5.92 Å². The van der Waals surface area contributed by atoms with Crippen molar-refractivity contribution in [3.8, 4) is 5.88 Å². The molecule has 0 bridgehead atoms. The molecule has 1 saturated carbocycles. The third-order valence-electron chi connectivity index (χ3n) is 3.03. The molecule has 0 aromatic carbocycles. The molecule has 1 aromatic heterocycles. The van der Waals surface area contributed by atoms with Gasteiger partial charge in [0.1, 0.15) is 11.1 Å². The molecule has 16 heavy (non-hydrogen) atoms. The van der Waals surface area contributed by atoms with Crippen LogP contribution in [-0.4, -0.2) is 16.1 Å². The maximum absolute atomic E-state index is 5.96. The van der Waals surface area contributed by atoms with Crippen molar-refractivity contribution in [2.24, 2.45) is 5.92 Å². The van der Waals surface area contributed by atoms with Gasteiger partial charge in [0.25, 0.3) is 0 Å². The van der Waals surface area contributed by atoms with Gasteiger partial charge in [-0.1, -0.05) is 24.9 Å². The summed E-state index contributed by atoms with van der Waals surface area (Å²) in [4.78, 5) is 7.82. The summed E-state index contributed by atoms with van der Waals surface area (Å²) in [5.74, 6) is 1.15. The Labute approximate surface area is 100 Å². The number of nitrogens with two attached hydrogens (primary N) is 1. The van der Waals surface area contributed by atoms with Gasteiger partial charge in [-0.3, -0.25) is 0 Å². The number of ether oxygens (including phenoxy) is 1. The molecule has 2 unspecified atom stereocenters. The molecule has 0 saturated heterocycles. The smallest absolute Gasteiger partial charge is 0.237 e. The minimum absolute atomic E-state index is 0.195. The van der Waals surface area contributed by atoms with Crippen LogP contribution in [0.15, 0.2) is 6.20 Å². The van der Waals surface area contributed by atoms with Gasteiger partial charge >= 0.3 is 0 Å². The van der Waals surface area contributed by atoms with Crippen molar-refractivity contribution in [1.82, 2.24) is 9.97 Å². The topological polar surface area (TPSA) is 61.0 Å². The normalized spacial score (nSPS) is 25.4. The number of anilines is 1. The van der Waals surface area contributed by atoms with E-state index in [0.717, 1.165) is 6.42 Å². The zero-order valence-corrected chi connectivity index (χ0v) is 10.1. The molecule has 2 N–H and O–H groups in total. The van der Waals surface area contributed by atoms with E-state index in [1.165, 1.54) is 25.5 Å². The monoisotopic (exact) mass is 241 g/mol. The van der Waals surface area contributed by atoms with Crippen molar-refractivity contribution in [1.29, 1.82) is 0 Å². The summed E-state index contributed by atoms with van der Waals surface area (Å²) in [5.41, 5.74) is 5.51. The molecule has 4 nitrogen and oxygen atoms in total. The fourth-order valence-corrected chi connectivity index (χ4v) is 2.18. The van der Waals surface area contributed by atoms with Crippen LogP contribution in [0.25, 0.3) is 0 Å². The Morgan fingerprint density at radius 3 is 2.94 bits per heavy atom. The first-order valence-corrected chi connectivity index (χ1v) is 5.99. The minimum atomic E-state index is 0.195. The largest absolute Gasteiger partial charge is 0.473 e. The van der Waals surface area contributed by atoms with Crippen LogP contribution >= 0.6 is 11.6 Å². The maximum atomic E-state index is 5.96. The van der Waals surface area contributed by atoms with Gasteiger partial charge in [0.15, 0.2) is 0 Å². The molecule has 1 heterocycles. The summed E-state index contributed by atoms with van der Waals surface area (Å²) >= 11 is 5.96. The van der Waals surface area contributed by atoms with Crippen LogP contribution in [-0.2, 0) is 0 Å². The summed E-state index contributed by atoms with van der Waals surface area (Å²) in [7, 11) is 0. The zero-order chi connectivity index (χ0) is 11.5. The standard InChI is InChI=1S/C11H16ClN3O/c1-7-4-2-3-5-9(7)16-10-8(12)6-14-11(13)15-10/h6-7,9H,2-5H2,1H3,(H2,13,14,15). The highest BCUT2D eigenvalue weighted by atomic mass is 35.5. The molecule has 1 aliphatic carbocycles. The van der Waals surface area contributed by atoms with Crippen molar-refractivity contribution >= 4 is 17.5 Å². The molecule has 2 rings (SSSR count). The summed E-state index contributed by atoms with van der Waals surface area (Å²) in [5, 5.41) is 0.423. The molecule has 0 amide bonds. The molecule has 0 aliphatic heterocycles. The molecule has 1 aromatic rings. The summed E-state index contributed by atoms with van der Waals surface area (Å²) in [6.45, 7) is 2.20. The second-order valence-corrected chi connectivity index (χ2v) is 4.71. The quantitative estimate of drug-likeness (QED) is 0.865. The third-order valence-corrected chi connectivity index (χ3v) is 3.29. The number of hydrogen-bond donors (Lipinski definition) is 1. The van der Waals surface area contributed by atoms with E-state index in [4.69, 9.17) is 22.1 Å². The number of nitrogens with zero attached hydrogens (tertiary/aromatic N) is 2. The van der Waals surface area contributed by atoms with E-state index in [2.05, 4.69) is 16.9 Å². The summed E-state index contributed by atoms with van der Waals surface area (Å²) in [6, 6.07) is 0. The second-order valence-electron chi connectivity index (χ2n) is 4.30. The van der Waals surface area contributed by atoms with Crippen molar-refractivity contribution in [2.75, 3.05) is 5.73 Å². The van der Waals surface area contributed by atoms with Crippen molar-refractivity contribution in [3.63, 3.8) is 0 Å². The number of aromatic nitrogens is 2. The Morgan fingerprint density at radius 2 is 2.19 bits per heavy atom. The first-order valence-electron chi connectivity index (χ1n) is 5.61. The molecule has 1 aliphatic rings. The SMILES string of the molecule is CC1CCCCC1Oc1nc(N)ncc1Cl. The van der Waals surface area contributed by atoms with Crippen LogP contribution in [0.2, 0.25) is 5.02 Å².